The summed E-state index contributed by atoms with van der Waals surface area (Å²) in [5.41, 5.74) is 1.02. The number of hydrogen-bond donors (Lipinski definition) is 1. The molecular weight excluding hydrogens is 210 g/mol. The first-order chi connectivity index (χ1) is 7.87. The highest BCUT2D eigenvalue weighted by molar-refractivity contribution is 5.78. The molecule has 1 atom stereocenters. The second-order valence-corrected chi connectivity index (χ2v) is 7.06. The Morgan fingerprint density at radius 3 is 1.88 bits per heavy atom. The summed E-state index contributed by atoms with van der Waals surface area (Å²) < 4.78 is 0. The minimum Gasteiger partial charge on any atom is -0.353 e. The molecule has 0 aromatic carbocycles. The van der Waals surface area contributed by atoms with Gasteiger partial charge in [0.1, 0.15) is 0 Å². The Balaban J connectivity index is 2.00. The van der Waals surface area contributed by atoms with E-state index in [1.165, 1.54) is 38.5 Å². The lowest BCUT2D eigenvalue weighted by atomic mass is 9.52. The first-order valence-corrected chi connectivity index (χ1v) is 7.17. The fourth-order valence-electron chi connectivity index (χ4n) is 3.58. The van der Waals surface area contributed by atoms with E-state index in [-0.39, 0.29) is 11.8 Å². The molecule has 2 heteroatoms. The number of hydrogen-bond acceptors (Lipinski definition) is 1. The highest BCUT2D eigenvalue weighted by Crippen LogP contribution is 2.57. The van der Waals surface area contributed by atoms with Crippen LogP contribution in [-0.2, 0) is 4.79 Å². The van der Waals surface area contributed by atoms with E-state index in [2.05, 4.69) is 19.2 Å². The predicted octanol–water partition coefficient (Wildman–Crippen LogP) is 3.51. The summed E-state index contributed by atoms with van der Waals surface area (Å²) in [6.45, 7) is 8.60. The maximum absolute atomic E-state index is 11.8. The van der Waals surface area contributed by atoms with Crippen LogP contribution in [0.15, 0.2) is 0 Å². The number of carbonyl (C=O) groups is 1. The molecule has 0 aliphatic heterocycles. The molecule has 1 N–H and O–H groups in total. The van der Waals surface area contributed by atoms with Crippen LogP contribution in [0.25, 0.3) is 0 Å². The minimum absolute atomic E-state index is 0.103. The maximum atomic E-state index is 11.8. The van der Waals surface area contributed by atoms with Gasteiger partial charge >= 0.3 is 0 Å². The van der Waals surface area contributed by atoms with Crippen LogP contribution < -0.4 is 5.32 Å². The predicted molar refractivity (Wildman–Crippen MR) is 70.7 cm³/mol. The van der Waals surface area contributed by atoms with E-state index in [0.717, 1.165) is 0 Å². The molecule has 0 heterocycles. The SMILES string of the molecule is CC(C)C(=O)N[C@@H](C)C12CCC(C)(CC1)CC2. The first kappa shape index (κ1) is 12.9. The molecule has 3 fully saturated rings. The fraction of sp³-hybridized carbons (Fsp3) is 0.933. The van der Waals surface area contributed by atoms with Crippen molar-refractivity contribution in [1.29, 1.82) is 0 Å². The number of amides is 1. The van der Waals surface area contributed by atoms with Gasteiger partial charge in [0.05, 0.1) is 0 Å². The Hall–Kier alpha value is -0.530. The van der Waals surface area contributed by atoms with Gasteiger partial charge < -0.3 is 5.32 Å². The van der Waals surface area contributed by atoms with Gasteiger partial charge in [0, 0.05) is 12.0 Å². The second kappa shape index (κ2) is 4.29. The normalized spacial score (nSPS) is 38.2. The third-order valence-electron chi connectivity index (χ3n) is 5.48. The zero-order valence-corrected chi connectivity index (χ0v) is 11.8. The molecule has 3 aliphatic rings. The molecule has 3 saturated carbocycles. The second-order valence-electron chi connectivity index (χ2n) is 7.06. The lowest BCUT2D eigenvalue weighted by Gasteiger charge is -2.54. The summed E-state index contributed by atoms with van der Waals surface area (Å²) in [6.07, 6.45) is 7.99. The van der Waals surface area contributed by atoms with Crippen molar-refractivity contribution in [3.63, 3.8) is 0 Å². The monoisotopic (exact) mass is 237 g/mol. The van der Waals surface area contributed by atoms with Crippen LogP contribution >= 0.6 is 0 Å². The van der Waals surface area contributed by atoms with E-state index >= 15 is 0 Å². The zero-order chi connectivity index (χ0) is 12.7. The van der Waals surface area contributed by atoms with Gasteiger partial charge in [-0.3, -0.25) is 4.79 Å². The van der Waals surface area contributed by atoms with E-state index in [4.69, 9.17) is 0 Å². The number of nitrogens with one attached hydrogen (secondary N) is 1. The average Bonchev–Trinajstić information content (AvgIpc) is 2.30. The van der Waals surface area contributed by atoms with E-state index in [1.807, 2.05) is 13.8 Å². The van der Waals surface area contributed by atoms with Crippen LogP contribution in [0.5, 0.6) is 0 Å². The summed E-state index contributed by atoms with van der Waals surface area (Å²) >= 11 is 0. The molecule has 0 saturated heterocycles. The smallest absolute Gasteiger partial charge is 0.222 e. The van der Waals surface area contributed by atoms with Gasteiger partial charge in [-0.1, -0.05) is 20.8 Å². The molecule has 98 valence electrons. The third kappa shape index (κ3) is 2.36. The lowest BCUT2D eigenvalue weighted by molar-refractivity contribution is -0.126. The molecule has 0 radical (unpaired) electrons. The Labute approximate surface area is 106 Å². The van der Waals surface area contributed by atoms with Crippen molar-refractivity contribution in [1.82, 2.24) is 5.32 Å². The molecule has 0 spiro atoms. The number of fused-ring (bicyclic) bond motifs is 3. The molecule has 0 aromatic rings. The van der Waals surface area contributed by atoms with E-state index in [0.29, 0.717) is 16.9 Å². The Morgan fingerprint density at radius 1 is 1.00 bits per heavy atom. The van der Waals surface area contributed by atoms with Crippen LogP contribution in [0.3, 0.4) is 0 Å². The standard InChI is InChI=1S/C15H27NO/c1-11(2)13(17)16-12(3)15-8-5-14(4,6-9-15)7-10-15/h11-12H,5-10H2,1-4H3,(H,16,17)/t12-,14?,15?/m0/s1. The van der Waals surface area contributed by atoms with E-state index in [9.17, 15) is 4.79 Å². The van der Waals surface area contributed by atoms with E-state index < -0.39 is 0 Å². The van der Waals surface area contributed by atoms with Gasteiger partial charge in [0.2, 0.25) is 5.91 Å². The third-order valence-corrected chi connectivity index (χ3v) is 5.48. The topological polar surface area (TPSA) is 29.1 Å². The molecule has 1 amide bonds. The molecule has 0 aromatic heterocycles. The van der Waals surface area contributed by atoms with Crippen LogP contribution in [0.1, 0.15) is 66.2 Å². The number of rotatable bonds is 3. The van der Waals surface area contributed by atoms with Crippen molar-refractivity contribution >= 4 is 5.91 Å². The number of carbonyl (C=O) groups excluding carboxylic acids is 1. The quantitative estimate of drug-likeness (QED) is 0.799. The molecule has 17 heavy (non-hydrogen) atoms. The van der Waals surface area contributed by atoms with Crippen LogP contribution in [-0.4, -0.2) is 11.9 Å². The highest BCUT2D eigenvalue weighted by atomic mass is 16.1. The Morgan fingerprint density at radius 2 is 1.47 bits per heavy atom. The molecule has 3 rings (SSSR count). The van der Waals surface area contributed by atoms with Crippen molar-refractivity contribution in [2.24, 2.45) is 16.7 Å². The fourth-order valence-corrected chi connectivity index (χ4v) is 3.58. The summed E-state index contributed by atoms with van der Waals surface area (Å²) in [7, 11) is 0. The molecule has 2 bridgehead atoms. The average molecular weight is 237 g/mol. The van der Waals surface area contributed by atoms with Crippen LogP contribution in [0.4, 0.5) is 0 Å². The van der Waals surface area contributed by atoms with Crippen molar-refractivity contribution in [2.45, 2.75) is 72.3 Å². The van der Waals surface area contributed by atoms with Gasteiger partial charge in [-0.2, -0.15) is 0 Å². The maximum Gasteiger partial charge on any atom is 0.222 e. The minimum atomic E-state index is 0.103. The van der Waals surface area contributed by atoms with E-state index in [1.54, 1.807) is 0 Å². The zero-order valence-electron chi connectivity index (χ0n) is 11.8. The van der Waals surface area contributed by atoms with Crippen molar-refractivity contribution < 1.29 is 4.79 Å². The van der Waals surface area contributed by atoms with Gasteiger partial charge in [-0.15, -0.1) is 0 Å². The lowest BCUT2D eigenvalue weighted by Crippen LogP contribution is -2.52. The van der Waals surface area contributed by atoms with Crippen LogP contribution in [0.2, 0.25) is 0 Å². The summed E-state index contributed by atoms with van der Waals surface area (Å²) in [5, 5.41) is 3.24. The summed E-state index contributed by atoms with van der Waals surface area (Å²) in [5.74, 6) is 0.317. The molecule has 3 aliphatic carbocycles. The summed E-state index contributed by atoms with van der Waals surface area (Å²) in [4.78, 5) is 11.8. The van der Waals surface area contributed by atoms with Gasteiger partial charge in [-0.05, 0) is 56.3 Å². The Kier molecular flexibility index (Phi) is 3.26. The van der Waals surface area contributed by atoms with Crippen LogP contribution in [0, 0.1) is 16.7 Å². The van der Waals surface area contributed by atoms with Crippen molar-refractivity contribution in [3.05, 3.63) is 0 Å². The van der Waals surface area contributed by atoms with Gasteiger partial charge in [-0.25, -0.2) is 0 Å². The first-order valence-electron chi connectivity index (χ1n) is 7.17. The molecule has 0 unspecified atom stereocenters. The largest absolute Gasteiger partial charge is 0.353 e. The summed E-state index contributed by atoms with van der Waals surface area (Å²) in [6, 6.07) is 0.349. The molecule has 2 nitrogen and oxygen atoms in total. The van der Waals surface area contributed by atoms with Gasteiger partial charge in [0.25, 0.3) is 0 Å². The Bertz CT molecular complexity index is 284. The molecular formula is C15H27NO. The van der Waals surface area contributed by atoms with Crippen molar-refractivity contribution in [3.8, 4) is 0 Å². The van der Waals surface area contributed by atoms with Gasteiger partial charge in [0.15, 0.2) is 0 Å². The van der Waals surface area contributed by atoms with Crippen molar-refractivity contribution in [2.75, 3.05) is 0 Å². The highest BCUT2D eigenvalue weighted by Gasteiger charge is 2.49.